The summed E-state index contributed by atoms with van der Waals surface area (Å²) < 4.78 is 1.90. The number of nitrogens with zero attached hydrogens (tertiary/aromatic N) is 2. The summed E-state index contributed by atoms with van der Waals surface area (Å²) in [6, 6.07) is 7.66. The second-order valence-corrected chi connectivity index (χ2v) is 6.57. The molecule has 0 saturated carbocycles. The number of rotatable bonds is 7. The van der Waals surface area contributed by atoms with Gasteiger partial charge in [0.2, 0.25) is 0 Å². The number of carbonyl (C=O) groups excluding carboxylic acids is 1. The fourth-order valence-corrected chi connectivity index (χ4v) is 2.67. The normalized spacial score (nSPS) is 12.4. The molecule has 0 aliphatic heterocycles. The van der Waals surface area contributed by atoms with Crippen LogP contribution in [0.4, 0.5) is 0 Å². The standard InChI is InChI=1S/C19H27N3O2/c1-5-17-16(10-21-22(17)12-13(2)3)19(24)20-11-18(23)15-8-6-14(4)7-9-15/h6-10,13,18,23H,5,11-12H2,1-4H3,(H,20,24)/t18-/m0/s1. The molecule has 0 fully saturated rings. The van der Waals surface area contributed by atoms with Gasteiger partial charge in [-0.1, -0.05) is 50.6 Å². The molecular formula is C19H27N3O2. The summed E-state index contributed by atoms with van der Waals surface area (Å²) in [4.78, 5) is 12.4. The topological polar surface area (TPSA) is 67.2 Å². The molecular weight excluding hydrogens is 302 g/mol. The van der Waals surface area contributed by atoms with E-state index in [4.69, 9.17) is 0 Å². The molecule has 5 nitrogen and oxygen atoms in total. The van der Waals surface area contributed by atoms with Crippen LogP contribution in [-0.4, -0.2) is 27.3 Å². The molecule has 2 N–H and O–H groups in total. The van der Waals surface area contributed by atoms with Gasteiger partial charge in [0.1, 0.15) is 0 Å². The first kappa shape index (κ1) is 18.2. The Labute approximate surface area is 143 Å². The minimum atomic E-state index is -0.717. The molecule has 2 rings (SSSR count). The van der Waals surface area contributed by atoms with Gasteiger partial charge in [0.15, 0.2) is 0 Å². The van der Waals surface area contributed by atoms with Gasteiger partial charge in [0.25, 0.3) is 5.91 Å². The Balaban J connectivity index is 2.02. The van der Waals surface area contributed by atoms with Crippen LogP contribution in [0.5, 0.6) is 0 Å². The van der Waals surface area contributed by atoms with Crippen LogP contribution in [0.2, 0.25) is 0 Å². The molecule has 0 radical (unpaired) electrons. The second kappa shape index (κ2) is 8.11. The van der Waals surface area contributed by atoms with Gasteiger partial charge in [0, 0.05) is 13.1 Å². The molecule has 0 saturated heterocycles. The molecule has 0 aliphatic carbocycles. The Hall–Kier alpha value is -2.14. The third kappa shape index (κ3) is 4.45. The molecule has 0 spiro atoms. The van der Waals surface area contributed by atoms with Gasteiger partial charge in [-0.2, -0.15) is 5.10 Å². The zero-order chi connectivity index (χ0) is 17.7. The molecule has 130 valence electrons. The van der Waals surface area contributed by atoms with E-state index >= 15 is 0 Å². The third-order valence-corrected chi connectivity index (χ3v) is 3.98. The number of aliphatic hydroxyl groups is 1. The number of carbonyl (C=O) groups is 1. The van der Waals surface area contributed by atoms with Gasteiger partial charge >= 0.3 is 0 Å². The highest BCUT2D eigenvalue weighted by Crippen LogP contribution is 2.15. The SMILES string of the molecule is CCc1c(C(=O)NC[C@H](O)c2ccc(C)cc2)cnn1CC(C)C. The molecule has 1 aromatic heterocycles. The first-order valence-corrected chi connectivity index (χ1v) is 8.49. The van der Waals surface area contributed by atoms with Gasteiger partial charge in [-0.05, 0) is 24.8 Å². The summed E-state index contributed by atoms with van der Waals surface area (Å²) in [6.07, 6.45) is 1.65. The molecule has 1 aromatic carbocycles. The minimum absolute atomic E-state index is 0.181. The molecule has 1 amide bonds. The lowest BCUT2D eigenvalue weighted by Gasteiger charge is -2.13. The number of aryl methyl sites for hydroxylation is 1. The number of aliphatic hydroxyl groups excluding tert-OH is 1. The van der Waals surface area contributed by atoms with Crippen LogP contribution in [-0.2, 0) is 13.0 Å². The number of nitrogens with one attached hydrogen (secondary N) is 1. The summed E-state index contributed by atoms with van der Waals surface area (Å²) in [5.41, 5.74) is 3.47. The van der Waals surface area contributed by atoms with Gasteiger partial charge < -0.3 is 10.4 Å². The molecule has 0 bridgehead atoms. The first-order valence-electron chi connectivity index (χ1n) is 8.49. The fraction of sp³-hybridized carbons (Fsp3) is 0.474. The summed E-state index contributed by atoms with van der Waals surface area (Å²) in [7, 11) is 0. The van der Waals surface area contributed by atoms with Crippen LogP contribution < -0.4 is 5.32 Å². The van der Waals surface area contributed by atoms with E-state index in [0.29, 0.717) is 11.5 Å². The summed E-state index contributed by atoms with van der Waals surface area (Å²) in [6.45, 7) is 9.24. The lowest BCUT2D eigenvalue weighted by atomic mass is 10.1. The molecule has 5 heteroatoms. The third-order valence-electron chi connectivity index (χ3n) is 3.98. The van der Waals surface area contributed by atoms with Crippen molar-refractivity contribution in [2.24, 2.45) is 5.92 Å². The molecule has 1 atom stereocenters. The highest BCUT2D eigenvalue weighted by atomic mass is 16.3. The zero-order valence-electron chi connectivity index (χ0n) is 14.9. The Morgan fingerprint density at radius 1 is 1.29 bits per heavy atom. The quantitative estimate of drug-likeness (QED) is 0.821. The van der Waals surface area contributed by atoms with Crippen molar-refractivity contribution >= 4 is 5.91 Å². The average molecular weight is 329 g/mol. The van der Waals surface area contributed by atoms with Crippen LogP contribution in [0.1, 0.15) is 54.1 Å². The molecule has 1 heterocycles. The number of hydrogen-bond acceptors (Lipinski definition) is 3. The van der Waals surface area contributed by atoms with Crippen molar-refractivity contribution in [3.63, 3.8) is 0 Å². The number of aromatic nitrogens is 2. The van der Waals surface area contributed by atoms with E-state index in [1.807, 2.05) is 42.8 Å². The summed E-state index contributed by atoms with van der Waals surface area (Å²) in [5.74, 6) is 0.280. The van der Waals surface area contributed by atoms with E-state index in [-0.39, 0.29) is 12.5 Å². The van der Waals surface area contributed by atoms with E-state index < -0.39 is 6.10 Å². The van der Waals surface area contributed by atoms with E-state index in [2.05, 4.69) is 24.3 Å². The molecule has 0 unspecified atom stereocenters. The van der Waals surface area contributed by atoms with Crippen LogP contribution in [0.15, 0.2) is 30.5 Å². The van der Waals surface area contributed by atoms with Crippen molar-refractivity contribution in [1.82, 2.24) is 15.1 Å². The van der Waals surface area contributed by atoms with E-state index in [1.54, 1.807) is 6.20 Å². The lowest BCUT2D eigenvalue weighted by molar-refractivity contribution is 0.0915. The van der Waals surface area contributed by atoms with Crippen LogP contribution in [0.3, 0.4) is 0 Å². The maximum Gasteiger partial charge on any atom is 0.254 e. The largest absolute Gasteiger partial charge is 0.387 e. The molecule has 0 aliphatic rings. The Bertz CT molecular complexity index is 674. The highest BCUT2D eigenvalue weighted by molar-refractivity contribution is 5.95. The van der Waals surface area contributed by atoms with Crippen LogP contribution in [0, 0.1) is 12.8 Å². The molecule has 24 heavy (non-hydrogen) atoms. The van der Waals surface area contributed by atoms with E-state index in [9.17, 15) is 9.90 Å². The van der Waals surface area contributed by atoms with Crippen LogP contribution in [0.25, 0.3) is 0 Å². The molecule has 2 aromatic rings. The van der Waals surface area contributed by atoms with Gasteiger partial charge in [-0.3, -0.25) is 9.48 Å². The smallest absolute Gasteiger partial charge is 0.254 e. The van der Waals surface area contributed by atoms with Crippen LogP contribution >= 0.6 is 0 Å². The lowest BCUT2D eigenvalue weighted by Crippen LogP contribution is -2.29. The predicted octanol–water partition coefficient (Wildman–Crippen LogP) is 2.87. The predicted molar refractivity (Wildman–Crippen MR) is 94.9 cm³/mol. The maximum atomic E-state index is 12.4. The van der Waals surface area contributed by atoms with E-state index in [0.717, 1.165) is 29.8 Å². The summed E-state index contributed by atoms with van der Waals surface area (Å²) in [5, 5.41) is 17.4. The van der Waals surface area contributed by atoms with Gasteiger partial charge in [-0.15, -0.1) is 0 Å². The van der Waals surface area contributed by atoms with Crippen molar-refractivity contribution in [1.29, 1.82) is 0 Å². The number of benzene rings is 1. The van der Waals surface area contributed by atoms with Gasteiger partial charge in [0.05, 0.1) is 23.6 Å². The number of hydrogen-bond donors (Lipinski definition) is 2. The number of amides is 1. The maximum absolute atomic E-state index is 12.4. The van der Waals surface area contributed by atoms with Crippen molar-refractivity contribution < 1.29 is 9.90 Å². The first-order chi connectivity index (χ1) is 11.4. The van der Waals surface area contributed by atoms with Crippen molar-refractivity contribution in [3.05, 3.63) is 52.8 Å². The fourth-order valence-electron chi connectivity index (χ4n) is 2.67. The Morgan fingerprint density at radius 2 is 1.96 bits per heavy atom. The monoisotopic (exact) mass is 329 g/mol. The van der Waals surface area contributed by atoms with Crippen molar-refractivity contribution in [2.45, 2.75) is 46.8 Å². The summed E-state index contributed by atoms with van der Waals surface area (Å²) >= 11 is 0. The zero-order valence-corrected chi connectivity index (χ0v) is 14.9. The Morgan fingerprint density at radius 3 is 2.54 bits per heavy atom. The van der Waals surface area contributed by atoms with Crippen molar-refractivity contribution in [2.75, 3.05) is 6.54 Å². The van der Waals surface area contributed by atoms with Crippen molar-refractivity contribution in [3.8, 4) is 0 Å². The second-order valence-electron chi connectivity index (χ2n) is 6.57. The van der Waals surface area contributed by atoms with Gasteiger partial charge in [-0.25, -0.2) is 0 Å². The Kier molecular flexibility index (Phi) is 6.15. The van der Waals surface area contributed by atoms with E-state index in [1.165, 1.54) is 0 Å². The average Bonchev–Trinajstić information content (AvgIpc) is 2.94. The minimum Gasteiger partial charge on any atom is -0.387 e. The highest BCUT2D eigenvalue weighted by Gasteiger charge is 2.18.